The zero-order valence-corrected chi connectivity index (χ0v) is 21.8. The van der Waals surface area contributed by atoms with Gasteiger partial charge in [0.05, 0.1) is 39.6 Å². The number of fused-ring (bicyclic) bond motifs is 2. The maximum Gasteiger partial charge on any atom is 0.146 e. The highest BCUT2D eigenvalue weighted by Gasteiger charge is 2.10. The summed E-state index contributed by atoms with van der Waals surface area (Å²) in [5, 5.41) is 9.31. The Morgan fingerprint density at radius 2 is 0.769 bits per heavy atom. The van der Waals surface area contributed by atoms with E-state index >= 15 is 0 Å². The number of ether oxygens (including phenoxy) is 5. The van der Waals surface area contributed by atoms with Gasteiger partial charge in [-0.25, -0.2) is 0 Å². The standard InChI is InChI=1S/C32H32N2O5/c1-3-7-25(8-4-1)27-11-13-31-29(23-27)33-34-30-24-28(26-9-5-2-6-10-26)12-14-32(30)39-22-20-37-18-16-35-15-17-36-19-21-38-31/h1-14,23-24H,15-22H2. The van der Waals surface area contributed by atoms with Gasteiger partial charge in [-0.3, -0.25) is 0 Å². The maximum absolute atomic E-state index is 6.05. The highest BCUT2D eigenvalue weighted by molar-refractivity contribution is 5.72. The van der Waals surface area contributed by atoms with E-state index in [-0.39, 0.29) is 0 Å². The van der Waals surface area contributed by atoms with E-state index in [1.807, 2.05) is 72.8 Å². The maximum atomic E-state index is 6.05. The molecule has 0 radical (unpaired) electrons. The first-order valence-corrected chi connectivity index (χ1v) is 13.2. The molecule has 0 saturated heterocycles. The van der Waals surface area contributed by atoms with E-state index in [1.165, 1.54) is 0 Å². The summed E-state index contributed by atoms with van der Waals surface area (Å²) in [4.78, 5) is 0. The largest absolute Gasteiger partial charge is 0.489 e. The molecule has 0 unspecified atom stereocenters. The van der Waals surface area contributed by atoms with Gasteiger partial charge < -0.3 is 23.7 Å². The van der Waals surface area contributed by atoms with Crippen LogP contribution in [-0.4, -0.2) is 52.9 Å². The lowest BCUT2D eigenvalue weighted by atomic mass is 10.0. The number of hydrogen-bond acceptors (Lipinski definition) is 7. The van der Waals surface area contributed by atoms with E-state index in [0.717, 1.165) is 22.3 Å². The Morgan fingerprint density at radius 1 is 0.385 bits per heavy atom. The van der Waals surface area contributed by atoms with Gasteiger partial charge in [0.15, 0.2) is 0 Å². The van der Waals surface area contributed by atoms with Crippen LogP contribution in [0.4, 0.5) is 11.4 Å². The topological polar surface area (TPSA) is 70.9 Å². The van der Waals surface area contributed by atoms with Crippen LogP contribution in [0.5, 0.6) is 11.5 Å². The molecule has 4 aromatic rings. The van der Waals surface area contributed by atoms with Crippen LogP contribution in [0.15, 0.2) is 107 Å². The molecule has 7 nitrogen and oxygen atoms in total. The first-order chi connectivity index (χ1) is 19.4. The summed E-state index contributed by atoms with van der Waals surface area (Å²) in [6.45, 7) is 3.63. The van der Waals surface area contributed by atoms with Crippen molar-refractivity contribution in [2.45, 2.75) is 0 Å². The molecule has 1 heterocycles. The van der Waals surface area contributed by atoms with E-state index in [0.29, 0.717) is 75.7 Å². The lowest BCUT2D eigenvalue weighted by Gasteiger charge is -2.12. The normalized spacial score (nSPS) is 15.4. The van der Waals surface area contributed by atoms with Crippen LogP contribution in [0.1, 0.15) is 0 Å². The fourth-order valence-corrected chi connectivity index (χ4v) is 4.13. The van der Waals surface area contributed by atoms with E-state index in [1.54, 1.807) is 0 Å². The summed E-state index contributed by atoms with van der Waals surface area (Å²) in [6, 6.07) is 32.2. The van der Waals surface area contributed by atoms with Crippen molar-refractivity contribution in [3.05, 3.63) is 97.1 Å². The average Bonchev–Trinajstić information content (AvgIpc) is 2.99. The molecule has 0 atom stereocenters. The highest BCUT2D eigenvalue weighted by atomic mass is 16.6. The Balaban J connectivity index is 1.49. The van der Waals surface area contributed by atoms with Crippen molar-refractivity contribution >= 4 is 11.4 Å². The van der Waals surface area contributed by atoms with Crippen LogP contribution in [0.3, 0.4) is 0 Å². The summed E-state index contributed by atoms with van der Waals surface area (Å²) in [5.41, 5.74) is 5.47. The minimum atomic E-state index is 0.383. The van der Waals surface area contributed by atoms with Crippen LogP contribution in [0.25, 0.3) is 22.3 Å². The first-order valence-electron chi connectivity index (χ1n) is 13.2. The Bertz CT molecular complexity index is 1240. The molecule has 0 aliphatic carbocycles. The highest BCUT2D eigenvalue weighted by Crippen LogP contribution is 2.37. The van der Waals surface area contributed by atoms with Gasteiger partial charge in [0.1, 0.15) is 36.1 Å². The van der Waals surface area contributed by atoms with Gasteiger partial charge in [-0.05, 0) is 46.5 Å². The third-order valence-corrected chi connectivity index (χ3v) is 6.11. The number of azo groups is 1. The van der Waals surface area contributed by atoms with Crippen molar-refractivity contribution in [2.75, 3.05) is 52.9 Å². The monoisotopic (exact) mass is 524 g/mol. The van der Waals surface area contributed by atoms with Gasteiger partial charge in [-0.2, -0.15) is 0 Å². The quantitative estimate of drug-likeness (QED) is 0.276. The van der Waals surface area contributed by atoms with Gasteiger partial charge in [0.2, 0.25) is 0 Å². The molecular formula is C32H32N2O5. The molecule has 0 bridgehead atoms. The predicted octanol–water partition coefficient (Wildman–Crippen LogP) is 7.26. The molecule has 0 fully saturated rings. The second-order valence-corrected chi connectivity index (χ2v) is 8.83. The molecule has 0 spiro atoms. The molecule has 0 amide bonds. The Kier molecular flexibility index (Phi) is 9.68. The molecule has 4 aromatic carbocycles. The second-order valence-electron chi connectivity index (χ2n) is 8.83. The molecule has 0 aromatic heterocycles. The second kappa shape index (κ2) is 14.2. The van der Waals surface area contributed by atoms with E-state index in [9.17, 15) is 0 Å². The van der Waals surface area contributed by atoms with Gasteiger partial charge in [0, 0.05) is 0 Å². The van der Waals surface area contributed by atoms with Gasteiger partial charge in [-0.1, -0.05) is 72.8 Å². The summed E-state index contributed by atoms with van der Waals surface area (Å²) in [7, 11) is 0. The van der Waals surface area contributed by atoms with Crippen LogP contribution in [0.2, 0.25) is 0 Å². The number of nitrogens with zero attached hydrogens (tertiary/aromatic N) is 2. The molecule has 0 N–H and O–H groups in total. The Hall–Kier alpha value is -4.04. The molecule has 5 rings (SSSR count). The minimum Gasteiger partial charge on any atom is -0.489 e. The SMILES string of the molecule is c1ccc(-c2ccc3c(c2)N=Nc2cc(-c4ccccc4)ccc2OCCOCCOCCOCCO3)cc1. The first kappa shape index (κ1) is 26.6. The molecule has 0 saturated carbocycles. The number of rotatable bonds is 2. The van der Waals surface area contributed by atoms with Crippen LogP contribution in [-0.2, 0) is 14.2 Å². The molecule has 1 aliphatic heterocycles. The Morgan fingerprint density at radius 3 is 1.18 bits per heavy atom. The predicted molar refractivity (Wildman–Crippen MR) is 151 cm³/mol. The zero-order chi connectivity index (χ0) is 26.5. The van der Waals surface area contributed by atoms with Crippen molar-refractivity contribution < 1.29 is 23.7 Å². The van der Waals surface area contributed by atoms with E-state index in [4.69, 9.17) is 23.7 Å². The van der Waals surface area contributed by atoms with Crippen LogP contribution in [0, 0.1) is 0 Å². The number of benzene rings is 4. The zero-order valence-electron chi connectivity index (χ0n) is 21.8. The lowest BCUT2D eigenvalue weighted by Crippen LogP contribution is -2.14. The average molecular weight is 525 g/mol. The van der Waals surface area contributed by atoms with E-state index < -0.39 is 0 Å². The lowest BCUT2D eigenvalue weighted by molar-refractivity contribution is 0.00506. The van der Waals surface area contributed by atoms with Gasteiger partial charge in [0.25, 0.3) is 0 Å². The summed E-state index contributed by atoms with van der Waals surface area (Å²) < 4.78 is 29.0. The van der Waals surface area contributed by atoms with Crippen molar-refractivity contribution in [2.24, 2.45) is 10.2 Å². The Labute approximate surface area is 229 Å². The molecular weight excluding hydrogens is 492 g/mol. The van der Waals surface area contributed by atoms with Crippen molar-refractivity contribution in [3.8, 4) is 33.8 Å². The fourth-order valence-electron chi connectivity index (χ4n) is 4.13. The number of hydrogen-bond donors (Lipinski definition) is 0. The van der Waals surface area contributed by atoms with Crippen molar-refractivity contribution in [1.29, 1.82) is 0 Å². The summed E-state index contributed by atoms with van der Waals surface area (Å²) in [5.74, 6) is 1.26. The molecule has 200 valence electrons. The smallest absolute Gasteiger partial charge is 0.146 e. The molecule has 7 heteroatoms. The van der Waals surface area contributed by atoms with Crippen molar-refractivity contribution in [1.82, 2.24) is 0 Å². The minimum absolute atomic E-state index is 0.383. The fraction of sp³-hybridized carbons (Fsp3) is 0.250. The molecule has 1 aliphatic rings. The van der Waals surface area contributed by atoms with Gasteiger partial charge >= 0.3 is 0 Å². The van der Waals surface area contributed by atoms with Crippen molar-refractivity contribution in [3.63, 3.8) is 0 Å². The molecule has 39 heavy (non-hydrogen) atoms. The third kappa shape index (κ3) is 7.74. The third-order valence-electron chi connectivity index (χ3n) is 6.11. The van der Waals surface area contributed by atoms with E-state index in [2.05, 4.69) is 34.5 Å². The van der Waals surface area contributed by atoms with Gasteiger partial charge in [-0.15, -0.1) is 10.2 Å². The van der Waals surface area contributed by atoms with Crippen LogP contribution < -0.4 is 9.47 Å². The van der Waals surface area contributed by atoms with Crippen LogP contribution >= 0.6 is 0 Å². The summed E-state index contributed by atoms with van der Waals surface area (Å²) >= 11 is 0. The summed E-state index contributed by atoms with van der Waals surface area (Å²) in [6.07, 6.45) is 0.